The third kappa shape index (κ3) is 26.6. The standard InChI is InChI=1S/Co.2Ni.H3P.2W/h;;;1H3;;. The summed E-state index contributed by atoms with van der Waals surface area (Å²) in [6.07, 6.45) is 0. The van der Waals surface area contributed by atoms with Gasteiger partial charge in [0.2, 0.25) is 0 Å². The van der Waals surface area contributed by atoms with Crippen LogP contribution in [0, 0.1) is 0 Å². The third-order valence-corrected chi connectivity index (χ3v) is 0. The topological polar surface area (TPSA) is 0 Å². The SMILES string of the molecule is P.[Co].[Ni].[Ni].[W].[W]. The molecule has 6 heteroatoms. The van der Waals surface area contributed by atoms with Gasteiger partial charge in [-0.1, -0.05) is 0 Å². The molecule has 6 heavy (non-hydrogen) atoms. The number of rotatable bonds is 0. The second kappa shape index (κ2) is 40.6. The van der Waals surface area contributed by atoms with E-state index in [0.29, 0.717) is 0 Å². The molecule has 0 saturated carbocycles. The Morgan fingerprint density at radius 2 is 0.667 bits per heavy atom. The van der Waals surface area contributed by atoms with Crippen molar-refractivity contribution in [2.75, 3.05) is 0 Å². The molecule has 0 aliphatic carbocycles. The first-order valence-electron chi connectivity index (χ1n) is 0. The molecule has 1 radical (unpaired) electrons. The zero-order chi connectivity index (χ0) is 0. The summed E-state index contributed by atoms with van der Waals surface area (Å²) in [6.45, 7) is 0. The molecule has 0 amide bonds. The first-order chi connectivity index (χ1) is 0. The molecule has 0 saturated heterocycles. The Balaban J connectivity index is 0. The minimum atomic E-state index is 0. The molecule has 0 spiro atoms. The maximum Gasteiger partial charge on any atom is 0 e. The molecule has 0 bridgehead atoms. The molecule has 0 rings (SSSR count). The van der Waals surface area contributed by atoms with Crippen LogP contribution in [0.15, 0.2) is 0 Å². The second-order valence-electron chi connectivity index (χ2n) is 0. The van der Waals surface area contributed by atoms with Gasteiger partial charge < -0.3 is 0 Å². The van der Waals surface area contributed by atoms with Gasteiger partial charge >= 0.3 is 0 Å². The zero-order valence-corrected chi connectivity index (χ0v) is 12.8. The van der Waals surface area contributed by atoms with Crippen molar-refractivity contribution >= 4 is 9.90 Å². The van der Waals surface area contributed by atoms with Crippen molar-refractivity contribution in [3.63, 3.8) is 0 Å². The molecule has 0 N–H and O–H groups in total. The predicted molar refractivity (Wildman–Crippen MR) is 11.1 cm³/mol. The van der Waals surface area contributed by atoms with Crippen LogP contribution in [0.25, 0.3) is 0 Å². The maximum absolute atomic E-state index is 0. The van der Waals surface area contributed by atoms with Crippen LogP contribution in [-0.4, -0.2) is 0 Å². The molecule has 0 aromatic rings. The van der Waals surface area contributed by atoms with Crippen molar-refractivity contribution in [2.24, 2.45) is 0 Å². The smallest absolute Gasteiger partial charge is 0 e. The average molecular weight is 578 g/mol. The quantitative estimate of drug-likeness (QED) is 0.282. The first kappa shape index (κ1) is 58.8. The minimum Gasteiger partial charge on any atom is -0.153 e. The Kier molecular flexibility index (Phi) is 398. The van der Waals surface area contributed by atoms with Gasteiger partial charge in [-0.25, -0.2) is 0 Å². The molecular weight excluding hydrogens is 575 g/mol. The van der Waals surface area contributed by atoms with Crippen LogP contribution in [-0.2, 0) is 91.9 Å². The van der Waals surface area contributed by atoms with E-state index in [1.165, 1.54) is 0 Å². The summed E-state index contributed by atoms with van der Waals surface area (Å²) < 4.78 is 0. The Bertz CT molecular complexity index is 11.5. The van der Waals surface area contributed by atoms with Gasteiger partial charge in [-0.05, 0) is 0 Å². The van der Waals surface area contributed by atoms with E-state index in [9.17, 15) is 0 Å². The van der Waals surface area contributed by atoms with Crippen LogP contribution in [0.2, 0.25) is 0 Å². The van der Waals surface area contributed by atoms with Crippen LogP contribution < -0.4 is 0 Å². The van der Waals surface area contributed by atoms with Crippen molar-refractivity contribution < 1.29 is 91.9 Å². The summed E-state index contributed by atoms with van der Waals surface area (Å²) in [7, 11) is 0. The number of hydrogen-bond acceptors (Lipinski definition) is 0. The first-order valence-corrected chi connectivity index (χ1v) is 0. The molecule has 0 aromatic heterocycles. The molecule has 49 valence electrons. The van der Waals surface area contributed by atoms with E-state index in [2.05, 4.69) is 0 Å². The van der Waals surface area contributed by atoms with Crippen molar-refractivity contribution in [2.45, 2.75) is 0 Å². The largest absolute Gasteiger partial charge is 0.153 e. The summed E-state index contributed by atoms with van der Waals surface area (Å²) in [6, 6.07) is 0. The zero-order valence-electron chi connectivity index (χ0n) is 2.49. The number of hydrogen-bond donors (Lipinski definition) is 0. The Labute approximate surface area is 100 Å². The van der Waals surface area contributed by atoms with Crippen molar-refractivity contribution in [3.8, 4) is 0 Å². The van der Waals surface area contributed by atoms with Gasteiger partial charge in [0.25, 0.3) is 0 Å². The summed E-state index contributed by atoms with van der Waals surface area (Å²) in [4.78, 5) is 0. The van der Waals surface area contributed by atoms with E-state index in [1.807, 2.05) is 0 Å². The third-order valence-electron chi connectivity index (χ3n) is 0. The molecule has 0 aliphatic heterocycles. The molecule has 0 heterocycles. The summed E-state index contributed by atoms with van der Waals surface area (Å²) >= 11 is 0. The fraction of sp³-hybridized carbons (Fsp3) is 0. The van der Waals surface area contributed by atoms with Crippen LogP contribution in [0.1, 0.15) is 0 Å². The summed E-state index contributed by atoms with van der Waals surface area (Å²) in [5, 5.41) is 0. The molecular formula is H3CoNi2PW2. The Morgan fingerprint density at radius 3 is 0.667 bits per heavy atom. The van der Waals surface area contributed by atoms with E-state index in [1.54, 1.807) is 0 Å². The second-order valence-corrected chi connectivity index (χ2v) is 0. The van der Waals surface area contributed by atoms with Crippen molar-refractivity contribution in [1.82, 2.24) is 0 Å². The monoisotopic (exact) mass is 577 g/mol. The van der Waals surface area contributed by atoms with Crippen molar-refractivity contribution in [1.29, 1.82) is 0 Å². The van der Waals surface area contributed by atoms with Crippen LogP contribution >= 0.6 is 9.90 Å². The van der Waals surface area contributed by atoms with E-state index in [0.717, 1.165) is 0 Å². The maximum atomic E-state index is 0. The molecule has 1 atom stereocenters. The fourth-order valence-electron chi connectivity index (χ4n) is 0. The molecule has 1 unspecified atom stereocenters. The van der Waals surface area contributed by atoms with Gasteiger partial charge in [0.05, 0.1) is 0 Å². The van der Waals surface area contributed by atoms with Crippen LogP contribution in [0.4, 0.5) is 0 Å². The molecule has 0 aromatic carbocycles. The Morgan fingerprint density at radius 1 is 0.667 bits per heavy atom. The van der Waals surface area contributed by atoms with Crippen molar-refractivity contribution in [3.05, 3.63) is 0 Å². The van der Waals surface area contributed by atoms with Gasteiger partial charge in [-0.2, -0.15) is 9.90 Å². The normalized spacial score (nSPS) is 0. The van der Waals surface area contributed by atoms with E-state index in [-0.39, 0.29) is 102 Å². The van der Waals surface area contributed by atoms with Gasteiger partial charge in [-0.15, -0.1) is 0 Å². The van der Waals surface area contributed by atoms with E-state index >= 15 is 0 Å². The predicted octanol–water partition coefficient (Wildman–Crippen LogP) is 0.0456. The van der Waals surface area contributed by atoms with Crippen LogP contribution in [0.3, 0.4) is 0 Å². The Hall–Kier alpha value is 3.30. The summed E-state index contributed by atoms with van der Waals surface area (Å²) in [5.41, 5.74) is 0. The van der Waals surface area contributed by atoms with E-state index in [4.69, 9.17) is 0 Å². The minimum absolute atomic E-state index is 0. The van der Waals surface area contributed by atoms with Crippen LogP contribution in [0.5, 0.6) is 0 Å². The fourth-order valence-corrected chi connectivity index (χ4v) is 0. The molecule has 0 fully saturated rings. The summed E-state index contributed by atoms with van der Waals surface area (Å²) in [5.74, 6) is 0. The molecule has 0 aliphatic rings. The van der Waals surface area contributed by atoms with E-state index < -0.39 is 0 Å². The van der Waals surface area contributed by atoms with Gasteiger partial charge in [-0.3, -0.25) is 0 Å². The molecule has 0 nitrogen and oxygen atoms in total. The van der Waals surface area contributed by atoms with Gasteiger partial charge in [0, 0.05) is 91.9 Å². The van der Waals surface area contributed by atoms with Gasteiger partial charge in [0.1, 0.15) is 0 Å². The average Bonchev–Trinajstić information content (AvgIpc) is 0. The van der Waals surface area contributed by atoms with Gasteiger partial charge in [0.15, 0.2) is 0 Å².